The molecule has 0 aromatic carbocycles. The van der Waals surface area contributed by atoms with Crippen molar-refractivity contribution < 1.29 is 15.1 Å². The van der Waals surface area contributed by atoms with Crippen LogP contribution in [0.25, 0.3) is 0 Å². The summed E-state index contributed by atoms with van der Waals surface area (Å²) in [5, 5.41) is 22.9. The molecular weight excluding hydrogens is 338 g/mol. The largest absolute Gasteiger partial charge is 0.411 e. The lowest BCUT2D eigenvalue weighted by molar-refractivity contribution is -0.126. The van der Waals surface area contributed by atoms with Crippen molar-refractivity contribution in [1.29, 1.82) is 0 Å². The fourth-order valence-corrected chi connectivity index (χ4v) is 8.14. The lowest BCUT2D eigenvalue weighted by Gasteiger charge is -2.58. The van der Waals surface area contributed by atoms with Gasteiger partial charge in [0.05, 0.1) is 17.9 Å². The van der Waals surface area contributed by atoms with Crippen LogP contribution in [-0.2, 0) is 4.74 Å². The highest BCUT2D eigenvalue weighted by Crippen LogP contribution is 2.68. The minimum atomic E-state index is -0.0223. The Morgan fingerprint density at radius 2 is 2.11 bits per heavy atom. The van der Waals surface area contributed by atoms with Crippen LogP contribution in [-0.4, -0.2) is 34.8 Å². The number of aliphatic hydroxyl groups is 1. The smallest absolute Gasteiger partial charge is 0.0926 e. The van der Waals surface area contributed by atoms with Crippen LogP contribution in [0.15, 0.2) is 29.0 Å². The molecular formula is C23H33NO3. The number of aliphatic hydroxyl groups excluding tert-OH is 1. The highest BCUT2D eigenvalue weighted by molar-refractivity contribution is 5.96. The van der Waals surface area contributed by atoms with Gasteiger partial charge in [0.25, 0.3) is 0 Å². The van der Waals surface area contributed by atoms with Crippen molar-refractivity contribution in [3.63, 3.8) is 0 Å². The van der Waals surface area contributed by atoms with Gasteiger partial charge in [-0.25, -0.2) is 0 Å². The van der Waals surface area contributed by atoms with E-state index in [0.717, 1.165) is 37.5 Å². The van der Waals surface area contributed by atoms with Gasteiger partial charge in [0.1, 0.15) is 0 Å². The summed E-state index contributed by atoms with van der Waals surface area (Å²) in [5.41, 5.74) is 2.42. The molecule has 148 valence electrons. The third kappa shape index (κ3) is 2.32. The number of fused-ring (bicyclic) bond motifs is 6. The number of hydrogen-bond donors (Lipinski definition) is 2. The quantitative estimate of drug-likeness (QED) is 0.432. The Kier molecular flexibility index (Phi) is 4.28. The van der Waals surface area contributed by atoms with Crippen molar-refractivity contribution in [2.75, 3.05) is 13.2 Å². The summed E-state index contributed by atoms with van der Waals surface area (Å²) < 4.78 is 6.42. The second kappa shape index (κ2) is 6.45. The number of rotatable bonds is 2. The number of ether oxygens (including phenoxy) is 1. The molecule has 1 heterocycles. The Balaban J connectivity index is 1.51. The van der Waals surface area contributed by atoms with Crippen molar-refractivity contribution in [3.05, 3.63) is 23.8 Å². The average molecular weight is 372 g/mol. The minimum absolute atomic E-state index is 0.0223. The van der Waals surface area contributed by atoms with E-state index in [9.17, 15) is 10.3 Å². The normalized spacial score (nSPS) is 49.8. The molecule has 0 amide bonds. The molecule has 0 aromatic rings. The van der Waals surface area contributed by atoms with Crippen LogP contribution >= 0.6 is 0 Å². The van der Waals surface area contributed by atoms with Crippen molar-refractivity contribution in [3.8, 4) is 0 Å². The molecule has 5 rings (SSSR count). The molecule has 0 radical (unpaired) electrons. The van der Waals surface area contributed by atoms with Crippen LogP contribution in [0.2, 0.25) is 0 Å². The Bertz CT molecular complexity index is 698. The predicted molar refractivity (Wildman–Crippen MR) is 105 cm³/mol. The van der Waals surface area contributed by atoms with Crippen LogP contribution < -0.4 is 0 Å². The van der Waals surface area contributed by atoms with Crippen LogP contribution in [0.4, 0.5) is 0 Å². The van der Waals surface area contributed by atoms with Crippen molar-refractivity contribution >= 4 is 5.71 Å². The molecule has 7 atom stereocenters. The van der Waals surface area contributed by atoms with E-state index in [-0.39, 0.29) is 23.5 Å². The van der Waals surface area contributed by atoms with Gasteiger partial charge in [-0.15, -0.1) is 0 Å². The van der Waals surface area contributed by atoms with Gasteiger partial charge in [0, 0.05) is 17.9 Å². The van der Waals surface area contributed by atoms with E-state index >= 15 is 0 Å². The third-order valence-electron chi connectivity index (χ3n) is 9.19. The lowest BCUT2D eigenvalue weighted by Crippen LogP contribution is -2.54. The van der Waals surface area contributed by atoms with E-state index in [1.807, 2.05) is 0 Å². The van der Waals surface area contributed by atoms with E-state index in [4.69, 9.17) is 4.74 Å². The maximum Gasteiger partial charge on any atom is 0.0926 e. The Labute approximate surface area is 162 Å². The highest BCUT2D eigenvalue weighted by atomic mass is 16.5. The van der Waals surface area contributed by atoms with Gasteiger partial charge in [-0.05, 0) is 81.1 Å². The highest BCUT2D eigenvalue weighted by Gasteiger charge is 2.65. The summed E-state index contributed by atoms with van der Waals surface area (Å²) >= 11 is 0. The predicted octanol–water partition coefficient (Wildman–Crippen LogP) is 4.32. The molecule has 4 heteroatoms. The Morgan fingerprint density at radius 3 is 2.81 bits per heavy atom. The van der Waals surface area contributed by atoms with E-state index in [2.05, 4.69) is 30.3 Å². The van der Waals surface area contributed by atoms with Gasteiger partial charge in [-0.2, -0.15) is 0 Å². The third-order valence-corrected chi connectivity index (χ3v) is 9.19. The molecule has 5 aliphatic rings. The van der Waals surface area contributed by atoms with Gasteiger partial charge in [0.2, 0.25) is 0 Å². The topological polar surface area (TPSA) is 62.1 Å². The summed E-state index contributed by atoms with van der Waals surface area (Å²) in [6.45, 7) is 3.37. The molecule has 1 spiro atoms. The summed E-state index contributed by atoms with van der Waals surface area (Å²) in [6.07, 6.45) is 16.0. The molecule has 4 aliphatic carbocycles. The fourth-order valence-electron chi connectivity index (χ4n) is 8.14. The zero-order valence-corrected chi connectivity index (χ0v) is 16.4. The molecule has 4 unspecified atom stereocenters. The standard InChI is InChI=1S/C23H33NO3/c1-2-22-9-6-18-17-5-4-16(24-26)13-19(17)15(14-25)12-20(18)21(22)7-10-23(22)8-3-11-27-23/h3,8,13,15,17-18,20-21,25-26H,2,4-7,9-12,14H2,1H3/b24-16+/t15?,17-,18?,20?,21?,22+,23+/m1/s1. The maximum atomic E-state index is 10.2. The molecule has 2 N–H and O–H groups in total. The second-order valence-corrected chi connectivity index (χ2v) is 9.62. The van der Waals surface area contributed by atoms with Crippen LogP contribution in [0.1, 0.15) is 58.3 Å². The number of nitrogens with zero attached hydrogens (tertiary/aromatic N) is 1. The van der Waals surface area contributed by atoms with Gasteiger partial charge >= 0.3 is 0 Å². The van der Waals surface area contributed by atoms with Gasteiger partial charge < -0.3 is 15.1 Å². The first kappa shape index (κ1) is 17.9. The van der Waals surface area contributed by atoms with Crippen LogP contribution in [0.3, 0.4) is 0 Å². The summed E-state index contributed by atoms with van der Waals surface area (Å²) in [5.74, 6) is 2.94. The summed E-state index contributed by atoms with van der Waals surface area (Å²) in [6, 6.07) is 0. The molecule has 3 fully saturated rings. The monoisotopic (exact) mass is 371 g/mol. The molecule has 1 aliphatic heterocycles. The van der Waals surface area contributed by atoms with E-state index in [0.29, 0.717) is 17.8 Å². The van der Waals surface area contributed by atoms with E-state index in [1.165, 1.54) is 37.7 Å². The van der Waals surface area contributed by atoms with E-state index in [1.54, 1.807) is 0 Å². The first-order valence-electron chi connectivity index (χ1n) is 11.0. The second-order valence-electron chi connectivity index (χ2n) is 9.62. The maximum absolute atomic E-state index is 10.2. The van der Waals surface area contributed by atoms with Crippen molar-refractivity contribution in [2.24, 2.45) is 40.2 Å². The first-order chi connectivity index (χ1) is 13.2. The molecule has 27 heavy (non-hydrogen) atoms. The minimum Gasteiger partial charge on any atom is -0.411 e. The average Bonchev–Trinajstić information content (AvgIpc) is 3.33. The van der Waals surface area contributed by atoms with Crippen molar-refractivity contribution in [1.82, 2.24) is 0 Å². The molecule has 0 aromatic heterocycles. The summed E-state index contributed by atoms with van der Waals surface area (Å²) in [7, 11) is 0. The molecule has 3 saturated carbocycles. The summed E-state index contributed by atoms with van der Waals surface area (Å²) in [4.78, 5) is 0. The zero-order valence-electron chi connectivity index (χ0n) is 16.4. The SMILES string of the molecule is CC[C@]12CCC3C(CC(CO)C4=C/C(=N/O)CC[C@@H]43)C1CC[C@@]21C=CCO1. The molecule has 0 saturated heterocycles. The number of hydrogen-bond acceptors (Lipinski definition) is 4. The van der Waals surface area contributed by atoms with E-state index < -0.39 is 0 Å². The van der Waals surface area contributed by atoms with Crippen LogP contribution in [0.5, 0.6) is 0 Å². The fraction of sp³-hybridized carbons (Fsp3) is 0.783. The van der Waals surface area contributed by atoms with Gasteiger partial charge in [-0.1, -0.05) is 29.8 Å². The Hall–Kier alpha value is -1.13. The first-order valence-corrected chi connectivity index (χ1v) is 11.0. The molecule has 0 bridgehead atoms. The van der Waals surface area contributed by atoms with Crippen LogP contribution in [0, 0.1) is 35.0 Å². The zero-order chi connectivity index (χ0) is 18.6. The number of oxime groups is 1. The molecule has 4 nitrogen and oxygen atoms in total. The lowest BCUT2D eigenvalue weighted by atomic mass is 9.48. The van der Waals surface area contributed by atoms with Crippen molar-refractivity contribution in [2.45, 2.75) is 63.9 Å². The number of allylic oxidation sites excluding steroid dienone is 1. The van der Waals surface area contributed by atoms with Gasteiger partial charge in [0.15, 0.2) is 0 Å². The van der Waals surface area contributed by atoms with Gasteiger partial charge in [-0.3, -0.25) is 0 Å². The Morgan fingerprint density at radius 1 is 1.22 bits per heavy atom.